The fourth-order valence-corrected chi connectivity index (χ4v) is 0. The molecule has 0 fully saturated rings. The van der Waals surface area contributed by atoms with Gasteiger partial charge >= 0.3 is 0 Å². The molecule has 0 amide bonds. The predicted octanol–water partition coefficient (Wildman–Crippen LogP) is 0.123. The van der Waals surface area contributed by atoms with Gasteiger partial charge in [-0.25, -0.2) is 0 Å². The maximum absolute atomic E-state index is 7.87. The van der Waals surface area contributed by atoms with Gasteiger partial charge in [0, 0.05) is 18.6 Å². The second-order valence-corrected chi connectivity index (χ2v) is 5.55. The zero-order chi connectivity index (χ0) is 4.50. The molecule has 0 aliphatic rings. The second kappa shape index (κ2) is 3.50. The third kappa shape index (κ3) is 49.3. The van der Waals surface area contributed by atoms with E-state index in [0.29, 0.717) is 0 Å². The van der Waals surface area contributed by atoms with Crippen LogP contribution in [-0.2, 0) is 30.4 Å². The molecular weight excluding hydrogens is 178 g/mol. The molecule has 2 nitrogen and oxygen atoms in total. The number of hydrogen-bond acceptors (Lipinski definition) is 1. The standard InChI is InChI=1S/H3O2PS2.V/c1-3(2,4)5;/h(H3,1,2,4,5);. The van der Waals surface area contributed by atoms with Crippen molar-refractivity contribution >= 4 is 29.7 Å². The van der Waals surface area contributed by atoms with Crippen LogP contribution >= 0.6 is 17.9 Å². The Morgan fingerprint density at radius 3 is 1.50 bits per heavy atom. The first kappa shape index (κ1) is 10.5. The molecule has 0 aromatic carbocycles. The van der Waals surface area contributed by atoms with E-state index in [2.05, 4.69) is 24.1 Å². The topological polar surface area (TPSA) is 40.5 Å². The van der Waals surface area contributed by atoms with Gasteiger partial charge in [-0.05, 0) is 11.8 Å². The van der Waals surface area contributed by atoms with Gasteiger partial charge in [-0.3, -0.25) is 0 Å². The molecule has 0 unspecified atom stereocenters. The van der Waals surface area contributed by atoms with Gasteiger partial charge in [-0.1, -0.05) is 12.2 Å². The Bertz CT molecular complexity index is 57.7. The normalized spacial score (nSPS) is 9.83. The van der Waals surface area contributed by atoms with E-state index in [1.54, 1.807) is 0 Å². The number of hydrogen-bond donors (Lipinski definition) is 3. The summed E-state index contributed by atoms with van der Waals surface area (Å²) < 4.78 is 0. The molecule has 0 rings (SSSR count). The summed E-state index contributed by atoms with van der Waals surface area (Å²) in [6.45, 7) is 0. The summed E-state index contributed by atoms with van der Waals surface area (Å²) in [6, 6.07) is 0. The Balaban J connectivity index is 0. The Kier molecular flexibility index (Phi) is 6.11. The van der Waals surface area contributed by atoms with Gasteiger partial charge in [0.25, 0.3) is 0 Å². The molecule has 6 heteroatoms. The van der Waals surface area contributed by atoms with Crippen LogP contribution in [0.25, 0.3) is 0 Å². The zero-order valence-electron chi connectivity index (χ0n) is 2.64. The summed E-state index contributed by atoms with van der Waals surface area (Å²) in [5.41, 5.74) is -3.11. The monoisotopic (exact) mass is 181 g/mol. The van der Waals surface area contributed by atoms with E-state index in [0.717, 1.165) is 0 Å². The van der Waals surface area contributed by atoms with Crippen molar-refractivity contribution in [2.75, 3.05) is 0 Å². The van der Waals surface area contributed by atoms with E-state index in [4.69, 9.17) is 9.79 Å². The maximum atomic E-state index is 7.87. The van der Waals surface area contributed by atoms with Crippen LogP contribution in [0.5, 0.6) is 0 Å². The van der Waals surface area contributed by atoms with Gasteiger partial charge in [0.15, 0.2) is 0 Å². The Hall–Kier alpha value is 1.50. The van der Waals surface area contributed by atoms with Crippen molar-refractivity contribution in [2.45, 2.75) is 0 Å². The first-order valence-corrected chi connectivity index (χ1v) is 4.64. The van der Waals surface area contributed by atoms with Crippen molar-refractivity contribution in [2.24, 2.45) is 0 Å². The molecule has 0 saturated heterocycles. The van der Waals surface area contributed by atoms with Crippen LogP contribution in [0, 0.1) is 0 Å². The average molecular weight is 181 g/mol. The molecule has 0 aromatic heterocycles. The molecule has 1 radical (unpaired) electrons. The van der Waals surface area contributed by atoms with Crippen molar-refractivity contribution < 1.29 is 28.3 Å². The fraction of sp³-hybridized carbons (Fsp3) is 0. The van der Waals surface area contributed by atoms with Gasteiger partial charge in [0.2, 0.25) is 5.69 Å². The molecule has 0 aliphatic heterocycles. The summed E-state index contributed by atoms with van der Waals surface area (Å²) in [6.07, 6.45) is 0. The van der Waals surface area contributed by atoms with Crippen LogP contribution in [0.15, 0.2) is 0 Å². The smallest absolute Gasteiger partial charge is 0.239 e. The molecule has 0 aromatic rings. The second-order valence-electron chi connectivity index (χ2n) is 0.513. The average Bonchev–Trinajstić information content (AvgIpc) is 0.722. The molecule has 2 N–H and O–H groups in total. The zero-order valence-corrected chi connectivity index (χ0v) is 6.65. The van der Waals surface area contributed by atoms with E-state index in [1.807, 2.05) is 0 Å². The van der Waals surface area contributed by atoms with Crippen molar-refractivity contribution in [3.8, 4) is 0 Å². The van der Waals surface area contributed by atoms with E-state index < -0.39 is 5.69 Å². The SMILES string of the molecule is OP(O)(=S)S.[V]. The molecule has 0 bridgehead atoms. The maximum Gasteiger partial charge on any atom is 0.239 e. The van der Waals surface area contributed by atoms with E-state index >= 15 is 0 Å². The third-order valence-corrected chi connectivity index (χ3v) is 0. The van der Waals surface area contributed by atoms with E-state index in [1.165, 1.54) is 0 Å². The Labute approximate surface area is 58.2 Å². The summed E-state index contributed by atoms with van der Waals surface area (Å²) >= 11 is 7.07. The molecular formula is H3O2PS2V. The largest absolute Gasteiger partial charge is 0.338 e. The minimum absolute atomic E-state index is 0. The summed E-state index contributed by atoms with van der Waals surface area (Å²) in [5.74, 6) is 0. The third-order valence-electron chi connectivity index (χ3n) is 0. The van der Waals surface area contributed by atoms with Crippen LogP contribution < -0.4 is 0 Å². The first-order valence-electron chi connectivity index (χ1n) is 0.783. The quantitative estimate of drug-likeness (QED) is 0.367. The molecule has 37 valence electrons. The minimum Gasteiger partial charge on any atom is -0.338 e. The summed E-state index contributed by atoms with van der Waals surface area (Å²) in [4.78, 5) is 15.7. The van der Waals surface area contributed by atoms with Crippen molar-refractivity contribution in [1.29, 1.82) is 0 Å². The van der Waals surface area contributed by atoms with Gasteiger partial charge in [-0.2, -0.15) is 0 Å². The number of thiol groups is 1. The molecule has 0 saturated carbocycles. The summed E-state index contributed by atoms with van der Waals surface area (Å²) in [5, 5.41) is 0. The van der Waals surface area contributed by atoms with Crippen LogP contribution in [0.3, 0.4) is 0 Å². The summed E-state index contributed by atoms with van der Waals surface area (Å²) in [7, 11) is 0. The number of rotatable bonds is 0. The van der Waals surface area contributed by atoms with Gasteiger partial charge in [0.1, 0.15) is 0 Å². The van der Waals surface area contributed by atoms with Gasteiger partial charge in [-0.15, -0.1) is 0 Å². The van der Waals surface area contributed by atoms with E-state index in [-0.39, 0.29) is 18.6 Å². The molecule has 6 heavy (non-hydrogen) atoms. The van der Waals surface area contributed by atoms with Crippen molar-refractivity contribution in [1.82, 2.24) is 0 Å². The molecule has 0 heterocycles. The predicted molar refractivity (Wildman–Crippen MR) is 27.7 cm³/mol. The van der Waals surface area contributed by atoms with Crippen LogP contribution in [0.2, 0.25) is 0 Å². The van der Waals surface area contributed by atoms with Crippen molar-refractivity contribution in [3.05, 3.63) is 0 Å². The van der Waals surface area contributed by atoms with Crippen LogP contribution in [-0.4, -0.2) is 9.79 Å². The van der Waals surface area contributed by atoms with E-state index in [9.17, 15) is 0 Å². The van der Waals surface area contributed by atoms with Gasteiger partial charge < -0.3 is 9.79 Å². The minimum atomic E-state index is -3.11. The molecule has 0 atom stereocenters. The molecule has 0 aliphatic carbocycles. The molecule has 0 spiro atoms. The first-order chi connectivity index (χ1) is 2.00. The van der Waals surface area contributed by atoms with Crippen LogP contribution in [0.4, 0.5) is 0 Å². The van der Waals surface area contributed by atoms with Crippen LogP contribution in [0.1, 0.15) is 0 Å². The Morgan fingerprint density at radius 1 is 1.50 bits per heavy atom. The fourth-order valence-electron chi connectivity index (χ4n) is 0. The Morgan fingerprint density at radius 2 is 1.50 bits per heavy atom. The van der Waals surface area contributed by atoms with Crippen molar-refractivity contribution in [3.63, 3.8) is 0 Å². The van der Waals surface area contributed by atoms with Gasteiger partial charge in [0.05, 0.1) is 0 Å².